The summed E-state index contributed by atoms with van der Waals surface area (Å²) in [5.74, 6) is 3.93. The molecule has 4 aromatic carbocycles. The molecule has 0 N–H and O–H groups in total. The summed E-state index contributed by atoms with van der Waals surface area (Å²) in [5, 5.41) is 3.17. The maximum Gasteiger partial charge on any atom is -0.147 e. The number of furan rings is 2. The van der Waals surface area contributed by atoms with Gasteiger partial charge in [-0.2, -0.15) is 0 Å². The quantitative estimate of drug-likeness (QED) is 0.142. The van der Waals surface area contributed by atoms with Crippen molar-refractivity contribution in [3.8, 4) is 22.3 Å². The van der Waals surface area contributed by atoms with Crippen molar-refractivity contribution in [3.63, 3.8) is 0 Å². The molecule has 0 saturated carbocycles. The van der Waals surface area contributed by atoms with Crippen molar-refractivity contribution >= 4 is 81.5 Å². The third-order valence-corrected chi connectivity index (χ3v) is 36.6. The zero-order valence-corrected chi connectivity index (χ0v) is 49.4. The fourth-order valence-electron chi connectivity index (χ4n) is 12.7. The van der Waals surface area contributed by atoms with Gasteiger partial charge in [0.2, 0.25) is 0 Å². The Morgan fingerprint density at radius 2 is 0.781 bits per heavy atom. The van der Waals surface area contributed by atoms with E-state index < -0.39 is 33.5 Å². The fourth-order valence-corrected chi connectivity index (χ4v) is 36.0. The first kappa shape index (κ1) is 50.4. The molecule has 338 valence electrons. The molecular formula is C56H72Cl2O2Si3Zr. The molecule has 0 saturated heterocycles. The third kappa shape index (κ3) is 8.27. The number of halogens is 2. The SMILES string of the molecule is Cc1ccc(C2=Cc3c(cc(C)c(C)c3-c3cc(C)c([Si](C)(C)C)c(C)c3)[CH]2[Zr]([CH3])([CH3])(=[SiH2])[CH]2C(c3ccc(C)o3)=Cc3c2cc(C)c(C)c3-c2cc(C)c([Si](C)(C)C)c(C)c2)o1.Cl.Cl. The van der Waals surface area contributed by atoms with E-state index in [-0.39, 0.29) is 32.1 Å². The van der Waals surface area contributed by atoms with Crippen LogP contribution in [0.4, 0.5) is 0 Å². The van der Waals surface area contributed by atoms with Crippen LogP contribution in [-0.4, -0.2) is 23.0 Å². The predicted molar refractivity (Wildman–Crippen MR) is 290 cm³/mol. The van der Waals surface area contributed by atoms with E-state index in [4.69, 9.17) is 8.83 Å². The van der Waals surface area contributed by atoms with E-state index in [2.05, 4.69) is 197 Å². The molecule has 0 spiro atoms. The Hall–Kier alpha value is -2.97. The average molecular weight is 1020 g/mol. The second-order valence-electron chi connectivity index (χ2n) is 22.7. The first-order chi connectivity index (χ1) is 28.7. The number of rotatable bonds is 8. The number of aryl methyl sites for hydroxylation is 8. The van der Waals surface area contributed by atoms with E-state index in [0.29, 0.717) is 0 Å². The zero-order chi connectivity index (χ0) is 45.4. The van der Waals surface area contributed by atoms with Crippen molar-refractivity contribution in [2.75, 3.05) is 0 Å². The van der Waals surface area contributed by atoms with Crippen LogP contribution < -0.4 is 10.4 Å². The van der Waals surface area contributed by atoms with Crippen molar-refractivity contribution in [1.82, 2.24) is 0 Å². The van der Waals surface area contributed by atoms with Crippen LogP contribution >= 0.6 is 24.8 Å². The van der Waals surface area contributed by atoms with E-state index in [1.165, 1.54) is 100 Å². The maximum absolute atomic E-state index is 6.72. The topological polar surface area (TPSA) is 26.3 Å². The van der Waals surface area contributed by atoms with Gasteiger partial charge in [-0.1, -0.05) is 0 Å². The molecule has 8 rings (SSSR count). The Balaban J connectivity index is 0.00000340. The van der Waals surface area contributed by atoms with E-state index in [0.717, 1.165) is 23.0 Å². The van der Waals surface area contributed by atoms with Crippen molar-refractivity contribution in [2.45, 2.75) is 125 Å². The molecule has 2 unspecified atom stereocenters. The van der Waals surface area contributed by atoms with Crippen LogP contribution in [0.2, 0.25) is 48.5 Å². The molecule has 6 aromatic rings. The van der Waals surface area contributed by atoms with E-state index in [1.807, 2.05) is 0 Å². The second-order valence-corrected chi connectivity index (χ2v) is 63.2. The number of allylic oxidation sites excluding steroid dienone is 2. The fraction of sp³-hybridized carbons (Fsp3) is 0.357. The number of hydrogen-bond acceptors (Lipinski definition) is 2. The van der Waals surface area contributed by atoms with Gasteiger partial charge in [-0.25, -0.2) is 0 Å². The Morgan fingerprint density at radius 3 is 1.05 bits per heavy atom. The van der Waals surface area contributed by atoms with E-state index >= 15 is 0 Å². The van der Waals surface area contributed by atoms with Crippen molar-refractivity contribution < 1.29 is 26.2 Å². The Morgan fingerprint density at radius 1 is 0.469 bits per heavy atom. The Labute approximate surface area is 402 Å². The predicted octanol–water partition coefficient (Wildman–Crippen LogP) is 15.4. The van der Waals surface area contributed by atoms with E-state index in [1.54, 1.807) is 10.4 Å². The van der Waals surface area contributed by atoms with Crippen LogP contribution in [0.25, 0.3) is 45.6 Å². The monoisotopic (exact) mass is 1020 g/mol. The summed E-state index contributed by atoms with van der Waals surface area (Å²) in [7, 11) is -3.09. The smallest absolute Gasteiger partial charge is 0.147 e. The molecule has 0 radical (unpaired) electrons. The third-order valence-electron chi connectivity index (χ3n) is 14.8. The molecule has 2 aliphatic carbocycles. The standard InChI is InChI=1S/2C27H31OSi.2CH3.2ClH.H2Si.Zr/c2*1-16-11-21-14-22(25-10-9-19(4)28-25)15-24(21)26(20(16)5)23-12-17(2)27(18(3)13-23)29(6,7)8;;;;;;/h2*9-15H,1-8H3;2*1H3;2*1H;1H2;. The molecule has 0 aliphatic heterocycles. The normalized spacial score (nSPS) is 16.2. The molecule has 8 heteroatoms. The maximum atomic E-state index is 6.72. The van der Waals surface area contributed by atoms with Crippen LogP contribution in [0.15, 0.2) is 69.5 Å². The minimum absolute atomic E-state index is 0. The van der Waals surface area contributed by atoms with Crippen molar-refractivity contribution in [2.24, 2.45) is 0 Å². The Kier molecular flexibility index (Phi) is 13.4. The van der Waals surface area contributed by atoms with Crippen LogP contribution in [0.1, 0.15) is 97.1 Å². The van der Waals surface area contributed by atoms with Gasteiger partial charge in [0.05, 0.1) is 0 Å². The summed E-state index contributed by atoms with van der Waals surface area (Å²) >= 11 is -4.32. The van der Waals surface area contributed by atoms with Gasteiger partial charge in [-0.15, -0.1) is 24.8 Å². The molecule has 0 bridgehead atoms. The summed E-state index contributed by atoms with van der Waals surface area (Å²) in [4.78, 5) is 0. The first-order valence-corrected chi connectivity index (χ1v) is 43.5. The van der Waals surface area contributed by atoms with Gasteiger partial charge in [-0.3, -0.25) is 0 Å². The number of fused-ring (bicyclic) bond motifs is 2. The summed E-state index contributed by atoms with van der Waals surface area (Å²) in [6, 6.07) is 23.9. The molecule has 0 amide bonds. The molecular weight excluding hydrogens is 951 g/mol. The minimum Gasteiger partial charge on any atom is -0.147 e. The molecule has 2 atom stereocenters. The van der Waals surface area contributed by atoms with Crippen LogP contribution in [-0.2, 0) is 17.4 Å². The molecule has 2 aliphatic rings. The number of hydrogen-bond donors (Lipinski definition) is 0. The molecule has 64 heavy (non-hydrogen) atoms. The first-order valence-electron chi connectivity index (χ1n) is 22.8. The largest absolute Gasteiger partial charge is 0.147 e. The van der Waals surface area contributed by atoms with Gasteiger partial charge in [0.15, 0.2) is 0 Å². The summed E-state index contributed by atoms with van der Waals surface area (Å²) in [5.41, 5.74) is 25.0. The number of benzene rings is 4. The van der Waals surface area contributed by atoms with Gasteiger partial charge in [0.1, 0.15) is 0 Å². The molecule has 2 aromatic heterocycles. The molecule has 2 nitrogen and oxygen atoms in total. The van der Waals surface area contributed by atoms with E-state index in [9.17, 15) is 0 Å². The van der Waals surface area contributed by atoms with Crippen LogP contribution in [0.3, 0.4) is 0 Å². The van der Waals surface area contributed by atoms with Gasteiger partial charge < -0.3 is 0 Å². The summed E-state index contributed by atoms with van der Waals surface area (Å²) in [6.45, 7) is 40.2. The Bertz CT molecular complexity index is 2780. The van der Waals surface area contributed by atoms with Gasteiger partial charge in [0, 0.05) is 0 Å². The van der Waals surface area contributed by atoms with Crippen molar-refractivity contribution in [1.29, 1.82) is 0 Å². The van der Waals surface area contributed by atoms with Gasteiger partial charge >= 0.3 is 381 Å². The molecule has 0 fully saturated rings. The summed E-state index contributed by atoms with van der Waals surface area (Å²) in [6.07, 6.45) is 5.11. The summed E-state index contributed by atoms with van der Waals surface area (Å²) < 4.78 is 19.4. The van der Waals surface area contributed by atoms with Crippen LogP contribution in [0.5, 0.6) is 0 Å². The molecule has 2 heterocycles. The second kappa shape index (κ2) is 17.0. The van der Waals surface area contributed by atoms with Crippen molar-refractivity contribution in [3.05, 3.63) is 150 Å². The zero-order valence-electron chi connectivity index (χ0n) is 41.9. The van der Waals surface area contributed by atoms with Gasteiger partial charge in [0.25, 0.3) is 0 Å². The average Bonchev–Trinajstić information content (AvgIpc) is 3.92. The van der Waals surface area contributed by atoms with Crippen LogP contribution in [0, 0.1) is 69.2 Å². The van der Waals surface area contributed by atoms with Gasteiger partial charge in [-0.05, 0) is 0 Å². The minimum atomic E-state index is -4.32.